The molecule has 0 aromatic heterocycles. The largest absolute Gasteiger partial charge is 0.494 e. The number of nitrogens with zero attached hydrogens (tertiary/aromatic N) is 1. The maximum Gasteiger partial charge on any atom is 0.216 e. The molecule has 0 N–H and O–H groups in total. The van der Waals surface area contributed by atoms with Gasteiger partial charge in [-0.15, -0.1) is 0 Å². The van der Waals surface area contributed by atoms with E-state index >= 15 is 0 Å². The van der Waals surface area contributed by atoms with Gasteiger partial charge in [0.05, 0.1) is 11.5 Å². The Kier molecular flexibility index (Phi) is 7.90. The highest BCUT2D eigenvalue weighted by Crippen LogP contribution is 2.23. The van der Waals surface area contributed by atoms with Crippen LogP contribution in [0, 0.1) is 11.3 Å². The smallest absolute Gasteiger partial charge is 0.216 e. The highest BCUT2D eigenvalue weighted by atomic mass is 35.5. The van der Waals surface area contributed by atoms with Crippen molar-refractivity contribution in [2.75, 3.05) is 6.61 Å². The summed E-state index contributed by atoms with van der Waals surface area (Å²) in [6, 6.07) is 14.5. The highest BCUT2D eigenvalue weighted by Gasteiger charge is 2.20. The number of nitriles is 1. The Morgan fingerprint density at radius 2 is 1.74 bits per heavy atom. The second kappa shape index (κ2) is 10.1. The van der Waals surface area contributed by atoms with Crippen molar-refractivity contribution in [3.63, 3.8) is 0 Å². The molecule has 142 valence electrons. The molecule has 0 amide bonds. The molecule has 0 saturated carbocycles. The van der Waals surface area contributed by atoms with Crippen molar-refractivity contribution in [1.29, 1.82) is 5.26 Å². The van der Waals surface area contributed by atoms with E-state index in [0.29, 0.717) is 17.2 Å². The van der Waals surface area contributed by atoms with Crippen LogP contribution in [0.25, 0.3) is 6.08 Å². The van der Waals surface area contributed by atoms with Crippen molar-refractivity contribution in [2.45, 2.75) is 37.5 Å². The molecule has 4 nitrogen and oxygen atoms in total. The lowest BCUT2D eigenvalue weighted by molar-refractivity contribution is 0.305. The molecule has 0 bridgehead atoms. The maximum atomic E-state index is 12.6. The summed E-state index contributed by atoms with van der Waals surface area (Å²) in [6.45, 7) is 2.82. The lowest BCUT2D eigenvalue weighted by Crippen LogP contribution is -2.03. The Hall–Kier alpha value is -2.29. The van der Waals surface area contributed by atoms with Crippen molar-refractivity contribution in [3.8, 4) is 11.8 Å². The van der Waals surface area contributed by atoms with Crippen molar-refractivity contribution >= 4 is 27.5 Å². The molecule has 0 unspecified atom stereocenters. The first-order valence-corrected chi connectivity index (χ1v) is 10.7. The summed E-state index contributed by atoms with van der Waals surface area (Å²) in [7, 11) is -3.89. The lowest BCUT2D eigenvalue weighted by Gasteiger charge is -2.07. The third kappa shape index (κ3) is 6.13. The second-order valence-corrected chi connectivity index (χ2v) is 8.41. The van der Waals surface area contributed by atoms with Crippen LogP contribution < -0.4 is 4.74 Å². The van der Waals surface area contributed by atoms with Gasteiger partial charge < -0.3 is 4.74 Å². The molecule has 0 fully saturated rings. The van der Waals surface area contributed by atoms with Crippen LogP contribution in [0.5, 0.6) is 5.75 Å². The van der Waals surface area contributed by atoms with Gasteiger partial charge in [0.1, 0.15) is 16.7 Å². The summed E-state index contributed by atoms with van der Waals surface area (Å²) < 4.78 is 30.9. The number of allylic oxidation sites excluding steroid dienone is 1. The topological polar surface area (TPSA) is 67.2 Å². The normalized spacial score (nSPS) is 11.8. The average Bonchev–Trinajstić information content (AvgIpc) is 2.67. The average molecular weight is 404 g/mol. The fourth-order valence-electron chi connectivity index (χ4n) is 2.44. The molecule has 0 spiro atoms. The zero-order chi connectivity index (χ0) is 19.7. The number of sulfone groups is 1. The molecular formula is C21H22ClNO3S. The van der Waals surface area contributed by atoms with Gasteiger partial charge in [0.25, 0.3) is 0 Å². The number of halogens is 1. The van der Waals surface area contributed by atoms with E-state index in [1.165, 1.54) is 43.2 Å². The number of unbranched alkanes of at least 4 members (excludes halogenated alkanes) is 3. The van der Waals surface area contributed by atoms with E-state index in [-0.39, 0.29) is 9.80 Å². The summed E-state index contributed by atoms with van der Waals surface area (Å²) in [5, 5.41) is 9.76. The van der Waals surface area contributed by atoms with Crippen LogP contribution in [-0.4, -0.2) is 15.0 Å². The van der Waals surface area contributed by atoms with E-state index in [4.69, 9.17) is 16.3 Å². The lowest BCUT2D eigenvalue weighted by atomic mass is 10.2. The van der Waals surface area contributed by atoms with Gasteiger partial charge in [-0.25, -0.2) is 8.42 Å². The molecule has 0 aliphatic carbocycles. The molecule has 0 saturated heterocycles. The maximum absolute atomic E-state index is 12.6. The zero-order valence-corrected chi connectivity index (χ0v) is 16.8. The molecule has 0 atom stereocenters. The minimum Gasteiger partial charge on any atom is -0.494 e. The SMILES string of the molecule is CCCCCCOc1ccc(C=C(C#N)S(=O)(=O)c2ccc(Cl)cc2)cc1. The van der Waals surface area contributed by atoms with Gasteiger partial charge in [0.15, 0.2) is 0 Å². The fraction of sp³-hybridized carbons (Fsp3) is 0.286. The molecule has 0 heterocycles. The number of benzene rings is 2. The number of hydrogen-bond donors (Lipinski definition) is 0. The molecule has 0 radical (unpaired) electrons. The Morgan fingerprint density at radius 1 is 1.07 bits per heavy atom. The summed E-state index contributed by atoms with van der Waals surface area (Å²) in [6.07, 6.45) is 5.89. The van der Waals surface area contributed by atoms with Crippen molar-refractivity contribution < 1.29 is 13.2 Å². The van der Waals surface area contributed by atoms with Gasteiger partial charge in [-0.2, -0.15) is 5.26 Å². The Labute approximate surface area is 166 Å². The third-order valence-electron chi connectivity index (χ3n) is 3.97. The summed E-state index contributed by atoms with van der Waals surface area (Å²) >= 11 is 5.79. The molecule has 0 aliphatic heterocycles. The van der Waals surface area contributed by atoms with E-state index in [0.717, 1.165) is 18.6 Å². The third-order valence-corrected chi connectivity index (χ3v) is 5.90. The Bertz CT molecular complexity index is 911. The predicted octanol–water partition coefficient (Wildman–Crippen LogP) is 5.64. The standard InChI is InChI=1S/C21H22ClNO3S/c1-2-3-4-5-14-26-19-10-6-17(7-11-19)15-21(16-23)27(24,25)20-12-8-18(22)9-13-20/h6-13,15H,2-5,14H2,1H3. The summed E-state index contributed by atoms with van der Waals surface area (Å²) in [4.78, 5) is -0.287. The second-order valence-electron chi connectivity index (χ2n) is 6.06. The quantitative estimate of drug-likeness (QED) is 0.401. The van der Waals surface area contributed by atoms with E-state index < -0.39 is 9.84 Å². The van der Waals surface area contributed by atoms with Gasteiger partial charge in [-0.05, 0) is 54.5 Å². The molecule has 6 heteroatoms. The molecule has 2 aromatic rings. The molecule has 0 aliphatic rings. The number of rotatable bonds is 9. The number of ether oxygens (including phenoxy) is 1. The van der Waals surface area contributed by atoms with Gasteiger partial charge in [-0.1, -0.05) is 49.9 Å². The van der Waals surface area contributed by atoms with Gasteiger partial charge in [0.2, 0.25) is 9.84 Å². The van der Waals surface area contributed by atoms with Crippen LogP contribution in [0.2, 0.25) is 5.02 Å². The van der Waals surface area contributed by atoms with Crippen LogP contribution in [-0.2, 0) is 9.84 Å². The van der Waals surface area contributed by atoms with Crippen molar-refractivity contribution in [1.82, 2.24) is 0 Å². The van der Waals surface area contributed by atoms with Gasteiger partial charge in [-0.3, -0.25) is 0 Å². The van der Waals surface area contributed by atoms with Crippen LogP contribution in [0.15, 0.2) is 58.3 Å². The fourth-order valence-corrected chi connectivity index (χ4v) is 3.73. The van der Waals surface area contributed by atoms with Gasteiger partial charge in [0, 0.05) is 5.02 Å². The summed E-state index contributed by atoms with van der Waals surface area (Å²) in [5.41, 5.74) is 0.613. The predicted molar refractivity (Wildman–Crippen MR) is 108 cm³/mol. The molecular weight excluding hydrogens is 382 g/mol. The molecule has 2 rings (SSSR count). The summed E-state index contributed by atoms with van der Waals surface area (Å²) in [5.74, 6) is 0.725. The van der Waals surface area contributed by atoms with Crippen LogP contribution in [0.4, 0.5) is 0 Å². The zero-order valence-electron chi connectivity index (χ0n) is 15.2. The van der Waals surface area contributed by atoms with Crippen LogP contribution >= 0.6 is 11.6 Å². The van der Waals surface area contributed by atoms with E-state index in [1.54, 1.807) is 30.3 Å². The minimum absolute atomic E-state index is 0.0340. The minimum atomic E-state index is -3.89. The van der Waals surface area contributed by atoms with E-state index in [1.807, 2.05) is 0 Å². The monoisotopic (exact) mass is 403 g/mol. The Morgan fingerprint density at radius 3 is 2.33 bits per heavy atom. The first-order valence-electron chi connectivity index (χ1n) is 8.82. The highest BCUT2D eigenvalue weighted by molar-refractivity contribution is 7.95. The van der Waals surface area contributed by atoms with Crippen molar-refractivity contribution in [2.24, 2.45) is 0 Å². The van der Waals surface area contributed by atoms with E-state index in [2.05, 4.69) is 6.92 Å². The van der Waals surface area contributed by atoms with E-state index in [9.17, 15) is 13.7 Å². The first-order chi connectivity index (χ1) is 13.0. The first kappa shape index (κ1) is 21.0. The Balaban J connectivity index is 2.11. The van der Waals surface area contributed by atoms with Crippen LogP contribution in [0.3, 0.4) is 0 Å². The number of hydrogen-bond acceptors (Lipinski definition) is 4. The molecule has 2 aromatic carbocycles. The van der Waals surface area contributed by atoms with Crippen LogP contribution in [0.1, 0.15) is 38.2 Å². The van der Waals surface area contributed by atoms with Gasteiger partial charge >= 0.3 is 0 Å². The van der Waals surface area contributed by atoms with Crippen molar-refractivity contribution in [3.05, 3.63) is 64.0 Å². The molecule has 27 heavy (non-hydrogen) atoms.